The molecule has 35 heavy (non-hydrogen) atoms. The third-order valence-electron chi connectivity index (χ3n) is 7.64. The molecule has 186 valence electrons. The van der Waals surface area contributed by atoms with Crippen LogP contribution in [-0.2, 0) is 18.3 Å². The summed E-state index contributed by atoms with van der Waals surface area (Å²) >= 11 is 0. The molecule has 1 atom stereocenters. The Morgan fingerprint density at radius 1 is 0.857 bits per heavy atom. The molecule has 1 fully saturated rings. The maximum absolute atomic E-state index is 6.57. The third kappa shape index (κ3) is 6.35. The van der Waals surface area contributed by atoms with Crippen LogP contribution in [0.25, 0.3) is 0 Å². The zero-order valence-corrected chi connectivity index (χ0v) is 23.1. The van der Waals surface area contributed by atoms with Crippen molar-refractivity contribution in [2.24, 2.45) is 0 Å². The largest absolute Gasteiger partial charge is 0.488 e. The van der Waals surface area contributed by atoms with E-state index in [1.165, 1.54) is 65.5 Å². The quantitative estimate of drug-likeness (QED) is 0.270. The van der Waals surface area contributed by atoms with Gasteiger partial charge in [0.1, 0.15) is 12.4 Å². The Balaban J connectivity index is 1.66. The highest BCUT2D eigenvalue weighted by atomic mass is 31.1. The van der Waals surface area contributed by atoms with Gasteiger partial charge in [0, 0.05) is 17.3 Å². The number of ether oxygens (including phenoxy) is 1. The first-order chi connectivity index (χ1) is 17.0. The number of likely N-dealkylation sites (tertiary alicyclic amines) is 1. The lowest BCUT2D eigenvalue weighted by Crippen LogP contribution is -2.31. The summed E-state index contributed by atoms with van der Waals surface area (Å²) in [6, 6.07) is 24.4. The van der Waals surface area contributed by atoms with E-state index in [9.17, 15) is 0 Å². The average molecular weight is 488 g/mol. The molecule has 0 amide bonds. The molecular formula is C32H42NOP. The predicted octanol–water partition coefficient (Wildman–Crippen LogP) is 7.89. The second-order valence-corrected chi connectivity index (χ2v) is 11.9. The van der Waals surface area contributed by atoms with Crippen molar-refractivity contribution in [2.75, 3.05) is 13.1 Å². The molecular weight excluding hydrogens is 445 g/mol. The van der Waals surface area contributed by atoms with Gasteiger partial charge in [0.15, 0.2) is 0 Å². The van der Waals surface area contributed by atoms with Gasteiger partial charge in [-0.3, -0.25) is 4.90 Å². The molecule has 1 aliphatic rings. The van der Waals surface area contributed by atoms with E-state index < -0.39 is 0 Å². The van der Waals surface area contributed by atoms with Gasteiger partial charge in [-0.2, -0.15) is 0 Å². The van der Waals surface area contributed by atoms with Gasteiger partial charge in [-0.05, 0) is 74.6 Å². The van der Waals surface area contributed by atoms with Crippen LogP contribution in [0.5, 0.6) is 5.75 Å². The van der Waals surface area contributed by atoms with Crippen molar-refractivity contribution in [1.82, 2.24) is 4.90 Å². The molecule has 3 aromatic carbocycles. The second kappa shape index (κ2) is 12.2. The fourth-order valence-corrected chi connectivity index (χ4v) is 7.10. The summed E-state index contributed by atoms with van der Waals surface area (Å²) < 4.78 is 6.57. The molecule has 1 aliphatic heterocycles. The molecule has 0 aromatic heterocycles. The molecule has 0 saturated carbocycles. The third-order valence-corrected chi connectivity index (χ3v) is 9.85. The van der Waals surface area contributed by atoms with Crippen LogP contribution in [0.4, 0.5) is 0 Å². The fraction of sp³-hybridized carbons (Fsp3) is 0.438. The molecule has 3 heteroatoms. The first-order valence-electron chi connectivity index (χ1n) is 13.4. The van der Waals surface area contributed by atoms with Gasteiger partial charge in [0.05, 0.1) is 0 Å². The minimum Gasteiger partial charge on any atom is -0.488 e. The first-order valence-corrected chi connectivity index (χ1v) is 14.4. The zero-order valence-electron chi connectivity index (χ0n) is 22.1. The van der Waals surface area contributed by atoms with Crippen LogP contribution in [0.1, 0.15) is 73.8 Å². The summed E-state index contributed by atoms with van der Waals surface area (Å²) in [7, 11) is 0.717. The van der Waals surface area contributed by atoms with E-state index in [1.807, 2.05) is 0 Å². The SMILES string of the molecule is CCC(CC)(Pc1ccc(C)cc1CN1CCCCC1)c1cccc(C)c1OCc1ccccc1. The van der Waals surface area contributed by atoms with Crippen molar-refractivity contribution in [3.63, 3.8) is 0 Å². The van der Waals surface area contributed by atoms with Crippen LogP contribution in [0.3, 0.4) is 0 Å². The molecule has 1 saturated heterocycles. The van der Waals surface area contributed by atoms with Gasteiger partial charge in [0.2, 0.25) is 0 Å². The Morgan fingerprint density at radius 3 is 2.31 bits per heavy atom. The number of hydrogen-bond donors (Lipinski definition) is 0. The number of aryl methyl sites for hydroxylation is 2. The highest BCUT2D eigenvalue weighted by Gasteiger charge is 2.33. The van der Waals surface area contributed by atoms with Crippen molar-refractivity contribution in [3.05, 3.63) is 94.5 Å². The molecule has 0 aliphatic carbocycles. The van der Waals surface area contributed by atoms with Crippen molar-refractivity contribution in [1.29, 1.82) is 0 Å². The van der Waals surface area contributed by atoms with Crippen LogP contribution in [0.15, 0.2) is 66.7 Å². The van der Waals surface area contributed by atoms with Gasteiger partial charge < -0.3 is 4.74 Å². The summed E-state index contributed by atoms with van der Waals surface area (Å²) in [5, 5.41) is 1.60. The van der Waals surface area contributed by atoms with Crippen molar-refractivity contribution < 1.29 is 4.74 Å². The number of nitrogens with zero attached hydrogens (tertiary/aromatic N) is 1. The molecule has 3 aromatic rings. The van der Waals surface area contributed by atoms with E-state index in [-0.39, 0.29) is 5.16 Å². The van der Waals surface area contributed by atoms with Crippen molar-refractivity contribution in [2.45, 2.75) is 78.1 Å². The van der Waals surface area contributed by atoms with E-state index in [0.29, 0.717) is 15.2 Å². The highest BCUT2D eigenvalue weighted by molar-refractivity contribution is 7.48. The van der Waals surface area contributed by atoms with Gasteiger partial charge in [-0.15, -0.1) is 0 Å². The van der Waals surface area contributed by atoms with Gasteiger partial charge in [0.25, 0.3) is 0 Å². The maximum atomic E-state index is 6.57. The van der Waals surface area contributed by atoms with Crippen LogP contribution in [-0.4, -0.2) is 18.0 Å². The minimum absolute atomic E-state index is 0.0734. The molecule has 0 spiro atoms. The lowest BCUT2D eigenvalue weighted by atomic mass is 9.90. The molecule has 2 nitrogen and oxygen atoms in total. The summed E-state index contributed by atoms with van der Waals surface area (Å²) in [6.07, 6.45) is 6.26. The molecule has 0 bridgehead atoms. The molecule has 1 heterocycles. The summed E-state index contributed by atoms with van der Waals surface area (Å²) in [6.45, 7) is 13.3. The Hall–Kier alpha value is -2.15. The monoisotopic (exact) mass is 487 g/mol. The Bertz CT molecular complexity index is 1080. The van der Waals surface area contributed by atoms with Crippen molar-refractivity contribution in [3.8, 4) is 5.75 Å². The summed E-state index contributed by atoms with van der Waals surface area (Å²) in [5.74, 6) is 1.08. The molecule has 1 unspecified atom stereocenters. The first kappa shape index (κ1) is 25.9. The van der Waals surface area contributed by atoms with Crippen LogP contribution >= 0.6 is 8.58 Å². The predicted molar refractivity (Wildman–Crippen MR) is 152 cm³/mol. The van der Waals surface area contributed by atoms with Crippen LogP contribution in [0, 0.1) is 13.8 Å². The van der Waals surface area contributed by atoms with Crippen LogP contribution < -0.4 is 10.0 Å². The van der Waals surface area contributed by atoms with Gasteiger partial charge >= 0.3 is 0 Å². The Labute approximate surface area is 214 Å². The van der Waals surface area contributed by atoms with E-state index in [4.69, 9.17) is 4.74 Å². The Morgan fingerprint density at radius 2 is 1.60 bits per heavy atom. The number of hydrogen-bond acceptors (Lipinski definition) is 2. The lowest BCUT2D eigenvalue weighted by Gasteiger charge is -2.36. The van der Waals surface area contributed by atoms with E-state index in [2.05, 4.69) is 99.3 Å². The fourth-order valence-electron chi connectivity index (χ4n) is 5.42. The van der Waals surface area contributed by atoms with Crippen LogP contribution in [0.2, 0.25) is 0 Å². The van der Waals surface area contributed by atoms with Crippen molar-refractivity contribution >= 4 is 13.9 Å². The topological polar surface area (TPSA) is 12.5 Å². The van der Waals surface area contributed by atoms with E-state index in [0.717, 1.165) is 25.1 Å². The van der Waals surface area contributed by atoms with E-state index in [1.54, 1.807) is 0 Å². The normalized spacial score (nSPS) is 15.1. The minimum atomic E-state index is 0.0734. The Kier molecular flexibility index (Phi) is 9.04. The van der Waals surface area contributed by atoms with Gasteiger partial charge in [-0.1, -0.05) is 101 Å². The number of piperidine rings is 1. The number of para-hydroxylation sites is 1. The summed E-state index contributed by atoms with van der Waals surface area (Å²) in [5.41, 5.74) is 6.71. The second-order valence-electron chi connectivity index (χ2n) is 10.1. The summed E-state index contributed by atoms with van der Waals surface area (Å²) in [4.78, 5) is 2.66. The van der Waals surface area contributed by atoms with Gasteiger partial charge in [-0.25, -0.2) is 0 Å². The molecule has 0 N–H and O–H groups in total. The zero-order chi connectivity index (χ0) is 24.7. The maximum Gasteiger partial charge on any atom is 0.126 e. The highest BCUT2D eigenvalue weighted by Crippen LogP contribution is 2.51. The lowest BCUT2D eigenvalue weighted by molar-refractivity contribution is 0.221. The molecule has 4 rings (SSSR count). The smallest absolute Gasteiger partial charge is 0.126 e. The average Bonchev–Trinajstić information content (AvgIpc) is 2.89. The van der Waals surface area contributed by atoms with E-state index >= 15 is 0 Å². The molecule has 0 radical (unpaired) electrons. The standard InChI is InChI=1S/C32H42NOP/c1-5-32(6-2,29-17-13-14-26(4)31(29)34-24-27-15-9-7-10-16-27)35-30-19-18-25(3)22-28(30)23-33-20-11-8-12-21-33/h7,9-10,13-19,22,35H,5-6,8,11-12,20-21,23-24H2,1-4H3. The number of benzene rings is 3. The number of rotatable bonds is 10.